The van der Waals surface area contributed by atoms with Gasteiger partial charge in [0.2, 0.25) is 0 Å². The molecule has 0 fully saturated rings. The van der Waals surface area contributed by atoms with Gasteiger partial charge in [-0.3, -0.25) is 4.79 Å². The Kier molecular flexibility index (Phi) is 7.25. The number of fused-ring (bicyclic) bond motifs is 4. The van der Waals surface area contributed by atoms with Crippen LogP contribution < -0.4 is 4.90 Å². The summed E-state index contributed by atoms with van der Waals surface area (Å²) in [6.45, 7) is 0.490. The Morgan fingerprint density at radius 1 is 0.434 bits per heavy atom. The van der Waals surface area contributed by atoms with Gasteiger partial charge in [-0.2, -0.15) is 0 Å². The van der Waals surface area contributed by atoms with E-state index in [9.17, 15) is 4.79 Å². The average Bonchev–Trinajstić information content (AvgIpc) is 3.75. The molecule has 250 valence electrons. The monoisotopic (exact) mass is 681 g/mol. The molecule has 0 radical (unpaired) electrons. The van der Waals surface area contributed by atoms with Crippen LogP contribution in [-0.2, 0) is 6.54 Å². The molecule has 1 aliphatic heterocycles. The van der Waals surface area contributed by atoms with E-state index in [2.05, 4.69) is 83.4 Å². The zero-order chi connectivity index (χ0) is 35.3. The zero-order valence-electron chi connectivity index (χ0n) is 28.6. The second kappa shape index (κ2) is 12.5. The van der Waals surface area contributed by atoms with Crippen LogP contribution >= 0.6 is 0 Å². The second-order valence-corrected chi connectivity index (χ2v) is 13.2. The summed E-state index contributed by atoms with van der Waals surface area (Å²) >= 11 is 0. The Balaban J connectivity index is 1.15. The quantitative estimate of drug-likeness (QED) is 0.175. The van der Waals surface area contributed by atoms with Gasteiger partial charge in [0.25, 0.3) is 5.91 Å². The Morgan fingerprint density at radius 3 is 1.68 bits per heavy atom. The lowest BCUT2D eigenvalue weighted by Crippen LogP contribution is -2.24. The molecule has 0 unspecified atom stereocenters. The van der Waals surface area contributed by atoms with E-state index in [0.717, 1.165) is 66.6 Å². The molecule has 3 heterocycles. The first-order chi connectivity index (χ1) is 26.2. The summed E-state index contributed by atoms with van der Waals surface area (Å²) in [5.74, 6) is 1.78. The highest BCUT2D eigenvalue weighted by molar-refractivity contribution is 6.16. The molecule has 0 saturated heterocycles. The summed E-state index contributed by atoms with van der Waals surface area (Å²) in [4.78, 5) is 31.5. The van der Waals surface area contributed by atoms with E-state index in [-0.39, 0.29) is 5.91 Å². The number of amides is 1. The van der Waals surface area contributed by atoms with E-state index in [4.69, 9.17) is 15.0 Å². The molecule has 0 atom stereocenters. The third kappa shape index (κ3) is 5.19. The fourth-order valence-corrected chi connectivity index (χ4v) is 7.60. The summed E-state index contributed by atoms with van der Waals surface area (Å²) in [5, 5.41) is 2.19. The molecular weight excluding hydrogens is 651 g/mol. The summed E-state index contributed by atoms with van der Waals surface area (Å²) < 4.78 is 2.23. The Hall–Kier alpha value is -7.18. The molecule has 6 nitrogen and oxygen atoms in total. The first-order valence-corrected chi connectivity index (χ1v) is 17.7. The number of para-hydroxylation sites is 2. The van der Waals surface area contributed by atoms with Gasteiger partial charge in [0.05, 0.1) is 34.5 Å². The zero-order valence-corrected chi connectivity index (χ0v) is 28.6. The van der Waals surface area contributed by atoms with Crippen molar-refractivity contribution in [2.75, 3.05) is 4.90 Å². The van der Waals surface area contributed by atoms with Gasteiger partial charge in [-0.05, 0) is 35.4 Å². The first-order valence-electron chi connectivity index (χ1n) is 17.7. The molecule has 0 N–H and O–H groups in total. The maximum Gasteiger partial charge on any atom is 0.261 e. The second-order valence-electron chi connectivity index (χ2n) is 13.2. The lowest BCUT2D eigenvalue weighted by atomic mass is 10.0. The van der Waals surface area contributed by atoms with Crippen LogP contribution in [0.4, 0.5) is 5.69 Å². The van der Waals surface area contributed by atoms with Crippen LogP contribution in [-0.4, -0.2) is 25.4 Å². The number of anilines is 1. The van der Waals surface area contributed by atoms with Crippen LogP contribution in [0.5, 0.6) is 0 Å². The van der Waals surface area contributed by atoms with Crippen LogP contribution in [0.3, 0.4) is 0 Å². The highest BCUT2D eigenvalue weighted by atomic mass is 16.2. The number of nitrogens with zero attached hydrogens (tertiary/aromatic N) is 5. The van der Waals surface area contributed by atoms with Crippen molar-refractivity contribution >= 4 is 33.4 Å². The van der Waals surface area contributed by atoms with E-state index in [1.54, 1.807) is 0 Å². The number of hydrogen-bond acceptors (Lipinski definition) is 4. The molecule has 6 heteroatoms. The summed E-state index contributed by atoms with van der Waals surface area (Å²) in [5.41, 5.74) is 10.2. The minimum Gasteiger partial charge on any atom is -0.308 e. The number of carbonyl (C=O) groups is 1. The molecular formula is C47H31N5O. The molecule has 0 saturated carbocycles. The maximum atomic E-state index is 14.7. The van der Waals surface area contributed by atoms with Gasteiger partial charge in [-0.1, -0.05) is 152 Å². The summed E-state index contributed by atoms with van der Waals surface area (Å²) in [6, 6.07) is 59.4. The topological polar surface area (TPSA) is 63.9 Å². The van der Waals surface area contributed by atoms with Crippen molar-refractivity contribution in [2.45, 2.75) is 6.54 Å². The normalized spacial score (nSPS) is 12.5. The van der Waals surface area contributed by atoms with E-state index < -0.39 is 0 Å². The maximum absolute atomic E-state index is 14.7. The highest BCUT2D eigenvalue weighted by Gasteiger charge is 2.33. The standard InChI is InChI=1S/C47H31N5O/c53-47-43-35(30-51(47)39-24-12-10-22-36(39)31-15-4-1-5-16-31)21-14-26-41(43)52-40-25-13-11-23-37(40)38-28-27-34(29-42(38)52)46-49-44(32-17-6-2-7-18-32)48-45(50-46)33-19-8-3-9-20-33/h1-29H,30H2. The lowest BCUT2D eigenvalue weighted by molar-refractivity contribution is 0.0996. The van der Waals surface area contributed by atoms with Crippen LogP contribution in [0.2, 0.25) is 0 Å². The van der Waals surface area contributed by atoms with Crippen molar-refractivity contribution in [3.63, 3.8) is 0 Å². The van der Waals surface area contributed by atoms with Gasteiger partial charge in [0, 0.05) is 33.0 Å². The highest BCUT2D eigenvalue weighted by Crippen LogP contribution is 2.41. The van der Waals surface area contributed by atoms with Gasteiger partial charge in [-0.15, -0.1) is 0 Å². The molecule has 0 aliphatic carbocycles. The predicted molar refractivity (Wildman–Crippen MR) is 213 cm³/mol. The van der Waals surface area contributed by atoms with Gasteiger partial charge >= 0.3 is 0 Å². The minimum absolute atomic E-state index is 0.0152. The average molecular weight is 682 g/mol. The lowest BCUT2D eigenvalue weighted by Gasteiger charge is -2.20. The smallest absolute Gasteiger partial charge is 0.261 e. The minimum atomic E-state index is -0.0152. The predicted octanol–water partition coefficient (Wildman–Crippen LogP) is 10.8. The largest absolute Gasteiger partial charge is 0.308 e. The van der Waals surface area contributed by atoms with Crippen molar-refractivity contribution in [3.05, 3.63) is 187 Å². The summed E-state index contributed by atoms with van der Waals surface area (Å²) in [6.07, 6.45) is 0. The Morgan fingerprint density at radius 2 is 0.981 bits per heavy atom. The molecule has 2 aromatic heterocycles. The molecule has 1 amide bonds. The van der Waals surface area contributed by atoms with Crippen LogP contribution in [0, 0.1) is 0 Å². The molecule has 53 heavy (non-hydrogen) atoms. The van der Waals surface area contributed by atoms with Crippen LogP contribution in [0.25, 0.3) is 72.8 Å². The van der Waals surface area contributed by atoms with Gasteiger partial charge in [0.1, 0.15) is 0 Å². The number of aromatic nitrogens is 4. The van der Waals surface area contributed by atoms with E-state index in [1.165, 1.54) is 0 Å². The third-order valence-electron chi connectivity index (χ3n) is 10.1. The van der Waals surface area contributed by atoms with E-state index in [1.807, 2.05) is 102 Å². The molecule has 9 aromatic rings. The first kappa shape index (κ1) is 30.6. The van der Waals surface area contributed by atoms with Crippen molar-refractivity contribution in [3.8, 4) is 51.0 Å². The Labute approximate surface area is 306 Å². The van der Waals surface area contributed by atoms with Gasteiger partial charge < -0.3 is 9.47 Å². The molecule has 0 bridgehead atoms. The number of benzene rings is 7. The fraction of sp³-hybridized carbons (Fsp3) is 0.0213. The van der Waals surface area contributed by atoms with Crippen LogP contribution in [0.1, 0.15) is 15.9 Å². The molecule has 0 spiro atoms. The number of carbonyl (C=O) groups excluding carboxylic acids is 1. The van der Waals surface area contributed by atoms with E-state index in [0.29, 0.717) is 29.6 Å². The molecule has 10 rings (SSSR count). The van der Waals surface area contributed by atoms with Gasteiger partial charge in [-0.25, -0.2) is 15.0 Å². The molecule has 1 aliphatic rings. The molecule has 7 aromatic carbocycles. The fourth-order valence-electron chi connectivity index (χ4n) is 7.60. The van der Waals surface area contributed by atoms with E-state index >= 15 is 0 Å². The van der Waals surface area contributed by atoms with Crippen LogP contribution in [0.15, 0.2) is 176 Å². The number of hydrogen-bond donors (Lipinski definition) is 0. The summed E-state index contributed by atoms with van der Waals surface area (Å²) in [7, 11) is 0. The van der Waals surface area contributed by atoms with Gasteiger partial charge in [0.15, 0.2) is 17.5 Å². The van der Waals surface area contributed by atoms with Crippen molar-refractivity contribution in [2.24, 2.45) is 0 Å². The third-order valence-corrected chi connectivity index (χ3v) is 10.1. The van der Waals surface area contributed by atoms with Crippen molar-refractivity contribution in [1.82, 2.24) is 19.5 Å². The van der Waals surface area contributed by atoms with Crippen molar-refractivity contribution in [1.29, 1.82) is 0 Å². The van der Waals surface area contributed by atoms with Crippen molar-refractivity contribution < 1.29 is 4.79 Å². The Bertz CT molecular complexity index is 2770. The SMILES string of the molecule is O=C1c2c(cccc2-n2c3ccccc3c3ccc(-c4nc(-c5ccccc5)nc(-c5ccccc5)n4)cc32)CN1c1ccccc1-c1ccccc1. The number of rotatable bonds is 6.